The Morgan fingerprint density at radius 1 is 1.00 bits per heavy atom. The molecule has 0 bridgehead atoms. The summed E-state index contributed by atoms with van der Waals surface area (Å²) < 4.78 is 5.28. The van der Waals surface area contributed by atoms with Gasteiger partial charge in [0.25, 0.3) is 0 Å². The lowest BCUT2D eigenvalue weighted by Gasteiger charge is -2.39. The molecule has 1 atom stereocenters. The van der Waals surface area contributed by atoms with E-state index in [0.717, 1.165) is 37.7 Å². The van der Waals surface area contributed by atoms with Gasteiger partial charge in [-0.1, -0.05) is 54.1 Å². The number of carbonyl (C=O) groups is 1. The van der Waals surface area contributed by atoms with Gasteiger partial charge in [-0.05, 0) is 23.3 Å². The maximum absolute atomic E-state index is 10.7. The summed E-state index contributed by atoms with van der Waals surface area (Å²) in [6.07, 6.45) is 0. The van der Waals surface area contributed by atoms with Crippen LogP contribution in [0.15, 0.2) is 54.6 Å². The van der Waals surface area contributed by atoms with Gasteiger partial charge in [0.2, 0.25) is 5.91 Å². The molecule has 0 aromatic heterocycles. The van der Waals surface area contributed by atoms with Gasteiger partial charge in [-0.15, -0.1) is 0 Å². The van der Waals surface area contributed by atoms with Crippen molar-refractivity contribution in [1.82, 2.24) is 9.80 Å². The van der Waals surface area contributed by atoms with E-state index in [9.17, 15) is 4.79 Å². The van der Waals surface area contributed by atoms with Gasteiger partial charge < -0.3 is 10.5 Å². The molecule has 1 saturated heterocycles. The molecule has 2 N–H and O–H groups in total. The zero-order valence-electron chi connectivity index (χ0n) is 15.4. The maximum atomic E-state index is 10.7. The van der Waals surface area contributed by atoms with Crippen LogP contribution in [-0.4, -0.2) is 61.6 Å². The third-order valence-electron chi connectivity index (χ3n) is 4.87. The van der Waals surface area contributed by atoms with Gasteiger partial charge in [-0.25, -0.2) is 0 Å². The van der Waals surface area contributed by atoms with Crippen molar-refractivity contribution < 1.29 is 9.53 Å². The summed E-state index contributed by atoms with van der Waals surface area (Å²) in [4.78, 5) is 15.6. The van der Waals surface area contributed by atoms with Crippen molar-refractivity contribution in [2.45, 2.75) is 6.04 Å². The fourth-order valence-corrected chi connectivity index (χ4v) is 3.63. The average Bonchev–Trinajstić information content (AvgIpc) is 2.69. The quantitative estimate of drug-likeness (QED) is 0.707. The van der Waals surface area contributed by atoms with E-state index in [1.165, 1.54) is 11.1 Å². The van der Waals surface area contributed by atoms with Crippen molar-refractivity contribution in [2.75, 3.05) is 45.9 Å². The summed E-state index contributed by atoms with van der Waals surface area (Å²) in [5, 5.41) is 0.756. The van der Waals surface area contributed by atoms with Gasteiger partial charge in [-0.2, -0.15) is 0 Å². The summed E-state index contributed by atoms with van der Waals surface area (Å²) in [6.45, 7) is 5.22. The first-order chi connectivity index (χ1) is 13.1. The molecule has 144 valence electrons. The highest BCUT2D eigenvalue weighted by atomic mass is 35.5. The second kappa shape index (κ2) is 9.85. The van der Waals surface area contributed by atoms with Crippen LogP contribution in [0.4, 0.5) is 0 Å². The number of amides is 1. The van der Waals surface area contributed by atoms with Gasteiger partial charge >= 0.3 is 0 Å². The molecule has 2 aromatic rings. The van der Waals surface area contributed by atoms with E-state index in [1.807, 2.05) is 18.2 Å². The molecular weight excluding hydrogens is 362 g/mol. The molecule has 1 fully saturated rings. The van der Waals surface area contributed by atoms with Crippen LogP contribution in [0.5, 0.6) is 0 Å². The van der Waals surface area contributed by atoms with E-state index in [0.29, 0.717) is 6.61 Å². The number of nitrogens with two attached hydrogens (primary N) is 1. The number of primary amides is 1. The number of hydrogen-bond acceptors (Lipinski definition) is 4. The topological polar surface area (TPSA) is 58.8 Å². The molecule has 6 heteroatoms. The van der Waals surface area contributed by atoms with E-state index in [-0.39, 0.29) is 12.6 Å². The van der Waals surface area contributed by atoms with Gasteiger partial charge in [0.05, 0.1) is 12.6 Å². The first kappa shape index (κ1) is 19.8. The van der Waals surface area contributed by atoms with Gasteiger partial charge in [0.1, 0.15) is 6.61 Å². The summed E-state index contributed by atoms with van der Waals surface area (Å²) in [6, 6.07) is 19.0. The minimum Gasteiger partial charge on any atom is -0.370 e. The van der Waals surface area contributed by atoms with E-state index in [2.05, 4.69) is 46.2 Å². The standard InChI is InChI=1S/C21H26ClN3O2/c22-19-8-6-18(7-9-19)21(17-4-2-1-3-5-17)25-12-10-24(11-13-25)14-15-27-16-20(23)26/h1-9,21H,10-16H2,(H2,23,26)/t21-/m1/s1. The normalized spacial score (nSPS) is 16.9. The van der Waals surface area contributed by atoms with Crippen LogP contribution in [0.3, 0.4) is 0 Å². The van der Waals surface area contributed by atoms with Crippen molar-refractivity contribution in [3.8, 4) is 0 Å². The predicted octanol–water partition coefficient (Wildman–Crippen LogP) is 2.55. The first-order valence-corrected chi connectivity index (χ1v) is 9.64. The van der Waals surface area contributed by atoms with Crippen molar-refractivity contribution in [3.63, 3.8) is 0 Å². The molecule has 1 aliphatic heterocycles. The van der Waals surface area contributed by atoms with Crippen molar-refractivity contribution in [2.24, 2.45) is 5.73 Å². The van der Waals surface area contributed by atoms with Gasteiger partial charge in [-0.3, -0.25) is 14.6 Å². The molecule has 0 radical (unpaired) electrons. The molecule has 0 spiro atoms. The van der Waals surface area contributed by atoms with Gasteiger partial charge in [0.15, 0.2) is 0 Å². The molecule has 0 unspecified atom stereocenters. The lowest BCUT2D eigenvalue weighted by Crippen LogP contribution is -2.48. The Morgan fingerprint density at radius 3 is 2.26 bits per heavy atom. The zero-order chi connectivity index (χ0) is 19.1. The van der Waals surface area contributed by atoms with E-state index in [1.54, 1.807) is 0 Å². The third kappa shape index (κ3) is 5.78. The second-order valence-corrected chi connectivity index (χ2v) is 7.20. The number of hydrogen-bond donors (Lipinski definition) is 1. The van der Waals surface area contributed by atoms with Crippen LogP contribution in [0.1, 0.15) is 17.2 Å². The maximum Gasteiger partial charge on any atom is 0.243 e. The molecule has 1 amide bonds. The van der Waals surface area contributed by atoms with Crippen LogP contribution in [0.2, 0.25) is 5.02 Å². The molecular formula is C21H26ClN3O2. The average molecular weight is 388 g/mol. The fraction of sp³-hybridized carbons (Fsp3) is 0.381. The predicted molar refractivity (Wildman–Crippen MR) is 108 cm³/mol. The number of ether oxygens (including phenoxy) is 1. The molecule has 27 heavy (non-hydrogen) atoms. The first-order valence-electron chi connectivity index (χ1n) is 9.26. The molecule has 0 saturated carbocycles. The van der Waals surface area contributed by atoms with Crippen LogP contribution in [-0.2, 0) is 9.53 Å². The monoisotopic (exact) mass is 387 g/mol. The Balaban J connectivity index is 1.63. The summed E-state index contributed by atoms with van der Waals surface area (Å²) in [5.74, 6) is -0.423. The SMILES string of the molecule is NC(=O)COCCN1CCN([C@H](c2ccccc2)c2ccc(Cl)cc2)CC1. The highest BCUT2D eigenvalue weighted by Gasteiger charge is 2.26. The summed E-state index contributed by atoms with van der Waals surface area (Å²) in [5.41, 5.74) is 7.63. The van der Waals surface area contributed by atoms with Crippen LogP contribution < -0.4 is 5.73 Å². The molecule has 1 aliphatic rings. The lowest BCUT2D eigenvalue weighted by molar-refractivity contribution is -0.122. The Hall–Kier alpha value is -1.92. The molecule has 0 aliphatic carbocycles. The molecule has 1 heterocycles. The van der Waals surface area contributed by atoms with E-state index >= 15 is 0 Å². The Bertz CT molecular complexity index is 716. The van der Waals surface area contributed by atoms with E-state index < -0.39 is 5.91 Å². The molecule has 3 rings (SSSR count). The number of benzene rings is 2. The summed E-state index contributed by atoms with van der Waals surface area (Å²) in [7, 11) is 0. The number of rotatable bonds is 8. The summed E-state index contributed by atoms with van der Waals surface area (Å²) >= 11 is 6.09. The minimum atomic E-state index is -0.423. The van der Waals surface area contributed by atoms with Gasteiger partial charge in [0, 0.05) is 37.7 Å². The Kier molecular flexibility index (Phi) is 7.24. The molecule has 5 nitrogen and oxygen atoms in total. The fourth-order valence-electron chi connectivity index (χ4n) is 3.51. The highest BCUT2D eigenvalue weighted by molar-refractivity contribution is 6.30. The van der Waals surface area contributed by atoms with E-state index in [4.69, 9.17) is 22.1 Å². The Morgan fingerprint density at radius 2 is 1.63 bits per heavy atom. The van der Waals surface area contributed by atoms with Crippen LogP contribution >= 0.6 is 11.6 Å². The van der Waals surface area contributed by atoms with Crippen molar-refractivity contribution >= 4 is 17.5 Å². The Labute approximate surface area is 165 Å². The largest absolute Gasteiger partial charge is 0.370 e. The smallest absolute Gasteiger partial charge is 0.243 e. The zero-order valence-corrected chi connectivity index (χ0v) is 16.1. The third-order valence-corrected chi connectivity index (χ3v) is 5.12. The lowest BCUT2D eigenvalue weighted by atomic mass is 9.96. The highest BCUT2D eigenvalue weighted by Crippen LogP contribution is 2.30. The van der Waals surface area contributed by atoms with Crippen molar-refractivity contribution in [1.29, 1.82) is 0 Å². The number of carbonyl (C=O) groups excluding carboxylic acids is 1. The number of piperazine rings is 1. The van der Waals surface area contributed by atoms with Crippen molar-refractivity contribution in [3.05, 3.63) is 70.7 Å². The molecule has 2 aromatic carbocycles. The van der Waals surface area contributed by atoms with Crippen LogP contribution in [0, 0.1) is 0 Å². The second-order valence-electron chi connectivity index (χ2n) is 6.76. The minimum absolute atomic E-state index is 0.00733. The van der Waals surface area contributed by atoms with Crippen LogP contribution in [0.25, 0.3) is 0 Å². The number of nitrogens with zero attached hydrogens (tertiary/aromatic N) is 2. The number of halogens is 1.